The van der Waals surface area contributed by atoms with E-state index in [-0.39, 0.29) is 19.6 Å². The summed E-state index contributed by atoms with van der Waals surface area (Å²) in [7, 11) is -0.364. The Kier molecular flexibility index (Phi) is 7.22. The average molecular weight is 434 g/mol. The monoisotopic (exact) mass is 434 g/mol. The highest BCUT2D eigenvalue weighted by Gasteiger charge is 2.43. The molecule has 1 atom stereocenters. The molecule has 2 aromatic carbocycles. The first-order valence-corrected chi connectivity index (χ1v) is 9.64. The molecule has 29 heavy (non-hydrogen) atoms. The molecule has 0 aromatic heterocycles. The van der Waals surface area contributed by atoms with Crippen LogP contribution in [-0.4, -0.2) is 5.78 Å². The van der Waals surface area contributed by atoms with E-state index in [1.54, 1.807) is 0 Å². The minimum atomic E-state index is -5.15. The maximum Gasteiger partial charge on any atom is 0.417 e. The lowest BCUT2D eigenvalue weighted by Crippen LogP contribution is -2.21. The fraction of sp³-hybridized carbons (Fsp3) is 0.350. The summed E-state index contributed by atoms with van der Waals surface area (Å²) in [4.78, 5) is 13.0. The molecule has 2 rings (SSSR count). The Balaban J connectivity index is 2.72. The number of halogens is 6. The quantitative estimate of drug-likeness (QED) is 0.257. The van der Waals surface area contributed by atoms with Gasteiger partial charge in [-0.05, 0) is 24.1 Å². The minimum absolute atomic E-state index is 0.160. The number of benzene rings is 2. The summed E-state index contributed by atoms with van der Waals surface area (Å²) >= 11 is 0. The molecule has 156 valence electrons. The molecule has 1 unspecified atom stereocenters. The van der Waals surface area contributed by atoms with Gasteiger partial charge in [-0.25, -0.2) is 0 Å². The third-order valence-corrected chi connectivity index (χ3v) is 5.22. The molecule has 0 aliphatic rings. The SMILES string of the molecule is CCCCC(P=O)c1ccccc1C(=O)c1c(C(F)(F)F)cccc1C(F)(F)F. The number of rotatable bonds is 7. The van der Waals surface area contributed by atoms with Gasteiger partial charge in [0.1, 0.15) is 0 Å². The van der Waals surface area contributed by atoms with Crippen LogP contribution in [0.1, 0.15) is 64.5 Å². The van der Waals surface area contributed by atoms with Gasteiger partial charge in [-0.1, -0.05) is 50.1 Å². The molecular formula is C20H17F6O2P. The van der Waals surface area contributed by atoms with E-state index in [0.29, 0.717) is 31.0 Å². The molecule has 0 radical (unpaired) electrons. The van der Waals surface area contributed by atoms with Crippen LogP contribution in [0.15, 0.2) is 42.5 Å². The molecule has 0 saturated carbocycles. The molecule has 0 saturated heterocycles. The second-order valence-electron chi connectivity index (χ2n) is 6.40. The summed E-state index contributed by atoms with van der Waals surface area (Å²) in [6.45, 7) is 1.88. The first-order valence-electron chi connectivity index (χ1n) is 8.75. The highest BCUT2D eigenvalue weighted by Crippen LogP contribution is 2.42. The number of carbonyl (C=O) groups is 1. The van der Waals surface area contributed by atoms with E-state index >= 15 is 0 Å². The first kappa shape index (κ1) is 23.1. The summed E-state index contributed by atoms with van der Waals surface area (Å²) in [5, 5.41) is 0. The van der Waals surface area contributed by atoms with Gasteiger partial charge in [0.15, 0.2) is 14.2 Å². The zero-order valence-corrected chi connectivity index (χ0v) is 16.2. The first-order chi connectivity index (χ1) is 13.5. The molecule has 0 N–H and O–H groups in total. The van der Waals surface area contributed by atoms with E-state index in [2.05, 4.69) is 0 Å². The van der Waals surface area contributed by atoms with Gasteiger partial charge in [-0.2, -0.15) is 26.3 Å². The zero-order chi connectivity index (χ0) is 21.8. The number of alkyl halides is 6. The van der Waals surface area contributed by atoms with Crippen molar-refractivity contribution in [2.75, 3.05) is 0 Å². The zero-order valence-electron chi connectivity index (χ0n) is 15.3. The molecular weight excluding hydrogens is 417 g/mol. The summed E-state index contributed by atoms with van der Waals surface area (Å²) < 4.78 is 92.1. The van der Waals surface area contributed by atoms with E-state index in [1.165, 1.54) is 18.2 Å². The summed E-state index contributed by atoms with van der Waals surface area (Å²) in [5.74, 6) is -1.40. The van der Waals surface area contributed by atoms with Crippen LogP contribution in [0.2, 0.25) is 0 Å². The van der Waals surface area contributed by atoms with Gasteiger partial charge >= 0.3 is 12.4 Å². The van der Waals surface area contributed by atoms with Crippen LogP contribution in [0.5, 0.6) is 0 Å². The van der Waals surface area contributed by atoms with Gasteiger partial charge in [0, 0.05) is 11.1 Å². The van der Waals surface area contributed by atoms with E-state index in [9.17, 15) is 35.7 Å². The normalized spacial score (nSPS) is 13.5. The molecule has 0 fully saturated rings. The molecule has 0 amide bonds. The number of ketones is 1. The maximum atomic E-state index is 13.4. The third-order valence-electron chi connectivity index (χ3n) is 4.43. The Labute approximate surface area is 165 Å². The Morgan fingerprint density at radius 3 is 1.97 bits per heavy atom. The largest absolute Gasteiger partial charge is 0.417 e. The Morgan fingerprint density at radius 1 is 0.931 bits per heavy atom. The molecule has 2 nitrogen and oxygen atoms in total. The summed E-state index contributed by atoms with van der Waals surface area (Å²) in [6.07, 6.45) is -8.55. The molecule has 0 heterocycles. The van der Waals surface area contributed by atoms with Crippen LogP contribution in [0.3, 0.4) is 0 Å². The van der Waals surface area contributed by atoms with Gasteiger partial charge in [0.2, 0.25) is 0 Å². The molecule has 0 aliphatic heterocycles. The van der Waals surface area contributed by atoms with Crippen LogP contribution in [-0.2, 0) is 16.9 Å². The second kappa shape index (κ2) is 9.08. The van der Waals surface area contributed by atoms with Gasteiger partial charge in [-0.15, -0.1) is 0 Å². The number of carbonyl (C=O) groups excluding carboxylic acids is 1. The minimum Gasteiger partial charge on any atom is -0.289 e. The van der Waals surface area contributed by atoms with Crippen molar-refractivity contribution in [1.29, 1.82) is 0 Å². The van der Waals surface area contributed by atoms with Crippen LogP contribution in [0, 0.1) is 0 Å². The van der Waals surface area contributed by atoms with Crippen molar-refractivity contribution < 1.29 is 35.7 Å². The van der Waals surface area contributed by atoms with Crippen molar-refractivity contribution >= 4 is 14.2 Å². The fourth-order valence-electron chi connectivity index (χ4n) is 3.06. The predicted molar refractivity (Wildman–Crippen MR) is 96.2 cm³/mol. The van der Waals surface area contributed by atoms with Gasteiger partial charge in [0.25, 0.3) is 0 Å². The topological polar surface area (TPSA) is 34.1 Å². The Hall–Kier alpha value is -2.21. The molecule has 2 aromatic rings. The van der Waals surface area contributed by atoms with Crippen LogP contribution >= 0.6 is 8.46 Å². The van der Waals surface area contributed by atoms with E-state index < -0.39 is 40.5 Å². The van der Waals surface area contributed by atoms with E-state index in [1.807, 2.05) is 6.92 Å². The van der Waals surface area contributed by atoms with Gasteiger partial charge in [-0.3, -0.25) is 9.36 Å². The van der Waals surface area contributed by atoms with Crippen molar-refractivity contribution in [1.82, 2.24) is 0 Å². The molecule has 0 spiro atoms. The smallest absolute Gasteiger partial charge is 0.289 e. The maximum absolute atomic E-state index is 13.4. The van der Waals surface area contributed by atoms with Crippen molar-refractivity contribution in [3.8, 4) is 0 Å². The van der Waals surface area contributed by atoms with E-state index in [0.717, 1.165) is 12.5 Å². The lowest BCUT2D eigenvalue weighted by atomic mass is 9.89. The van der Waals surface area contributed by atoms with Crippen LogP contribution < -0.4 is 0 Å². The molecule has 0 aliphatic carbocycles. The Bertz CT molecular complexity index is 857. The lowest BCUT2D eigenvalue weighted by Gasteiger charge is -2.20. The summed E-state index contributed by atoms with van der Waals surface area (Å²) in [5.41, 5.74) is -5.63. The van der Waals surface area contributed by atoms with Gasteiger partial charge in [0.05, 0.1) is 16.8 Å². The highest BCUT2D eigenvalue weighted by atomic mass is 31.1. The average Bonchev–Trinajstić information content (AvgIpc) is 2.66. The predicted octanol–water partition coefficient (Wildman–Crippen LogP) is 7.48. The molecule has 9 heteroatoms. The number of unbranched alkanes of at least 4 members (excludes halogenated alkanes) is 1. The second-order valence-corrected chi connectivity index (χ2v) is 7.24. The Morgan fingerprint density at radius 2 is 1.48 bits per heavy atom. The summed E-state index contributed by atoms with van der Waals surface area (Å²) in [6, 6.07) is 6.93. The number of hydrogen-bond donors (Lipinski definition) is 0. The highest BCUT2D eigenvalue weighted by molar-refractivity contribution is 7.24. The van der Waals surface area contributed by atoms with Crippen LogP contribution in [0.4, 0.5) is 26.3 Å². The van der Waals surface area contributed by atoms with Crippen molar-refractivity contribution in [2.24, 2.45) is 0 Å². The standard InChI is InChI=1S/C20H17F6O2P/c1-2-3-11-16(29-28)12-7-4-5-8-13(12)18(27)17-14(19(21,22)23)9-6-10-15(17)20(24,25)26/h4-10,16H,2-3,11H2,1H3. The molecule has 0 bridgehead atoms. The van der Waals surface area contributed by atoms with Gasteiger partial charge < -0.3 is 0 Å². The van der Waals surface area contributed by atoms with Crippen molar-refractivity contribution in [3.05, 3.63) is 70.3 Å². The third kappa shape index (κ3) is 5.24. The van der Waals surface area contributed by atoms with Crippen LogP contribution in [0.25, 0.3) is 0 Å². The lowest BCUT2D eigenvalue weighted by molar-refractivity contribution is -0.143. The van der Waals surface area contributed by atoms with E-state index in [4.69, 9.17) is 0 Å². The van der Waals surface area contributed by atoms with Crippen molar-refractivity contribution in [2.45, 2.75) is 44.2 Å². The van der Waals surface area contributed by atoms with Crippen molar-refractivity contribution in [3.63, 3.8) is 0 Å². The number of hydrogen-bond acceptors (Lipinski definition) is 2. The fourth-order valence-corrected chi connectivity index (χ4v) is 3.69.